The molecule has 4 nitrogen and oxygen atoms in total. The summed E-state index contributed by atoms with van der Waals surface area (Å²) in [7, 11) is 0. The standard InChI is InChI=1S/C56H109NO3/c1-3-5-7-9-11-13-15-17-19-21-23-24-25-26-27-28-29-30-31-32-33-34-35-37-39-41-43-45-47-49-51-55(59)54(53-58)57-56(60)52-50-48-46-44-42-40-38-36-22-20-18-16-14-12-10-8-6-4-2/h41,43,49,51,54-55,58-59H,3-40,42,44-48,50,52-53H2,1-2H3,(H,57,60)/b43-41+,51-49+. The molecule has 1 amide bonds. The van der Waals surface area contributed by atoms with Crippen molar-refractivity contribution in [2.45, 2.75) is 321 Å². The van der Waals surface area contributed by atoms with Crippen molar-refractivity contribution >= 4 is 5.91 Å². The Bertz CT molecular complexity index is 871. The van der Waals surface area contributed by atoms with Crippen molar-refractivity contribution in [1.29, 1.82) is 0 Å². The van der Waals surface area contributed by atoms with Crippen molar-refractivity contribution in [2.24, 2.45) is 0 Å². The van der Waals surface area contributed by atoms with E-state index in [0.29, 0.717) is 6.42 Å². The predicted octanol–water partition coefficient (Wildman–Crippen LogP) is 17.9. The number of amides is 1. The van der Waals surface area contributed by atoms with E-state index in [9.17, 15) is 15.0 Å². The number of rotatable bonds is 51. The van der Waals surface area contributed by atoms with Gasteiger partial charge in [0, 0.05) is 6.42 Å². The van der Waals surface area contributed by atoms with Gasteiger partial charge in [-0.15, -0.1) is 0 Å². The maximum atomic E-state index is 12.4. The monoisotopic (exact) mass is 844 g/mol. The molecule has 0 spiro atoms. The zero-order valence-corrected chi connectivity index (χ0v) is 41.0. The summed E-state index contributed by atoms with van der Waals surface area (Å²) in [6, 6.07) is -0.636. The minimum atomic E-state index is -0.859. The Labute approximate surface area is 377 Å². The molecule has 0 aromatic rings. The SMILES string of the molecule is CCCCCCCCCCCCCCCCCCCCCCCCCC/C=C/CC/C=C/C(O)C(CO)NC(=O)CCCCCCCCCCCCCCCCCCCC. The van der Waals surface area contributed by atoms with E-state index in [1.54, 1.807) is 6.08 Å². The molecule has 4 heteroatoms. The minimum Gasteiger partial charge on any atom is -0.394 e. The Morgan fingerprint density at radius 1 is 0.383 bits per heavy atom. The zero-order valence-electron chi connectivity index (χ0n) is 41.0. The van der Waals surface area contributed by atoms with Gasteiger partial charge >= 0.3 is 0 Å². The average molecular weight is 844 g/mol. The molecule has 0 aliphatic carbocycles. The fourth-order valence-electron chi connectivity index (χ4n) is 8.73. The summed E-state index contributed by atoms with van der Waals surface area (Å²) in [5.74, 6) is -0.0679. The Kier molecular flexibility index (Phi) is 51.2. The highest BCUT2D eigenvalue weighted by Gasteiger charge is 2.18. The van der Waals surface area contributed by atoms with Gasteiger partial charge in [-0.05, 0) is 32.1 Å². The van der Waals surface area contributed by atoms with Gasteiger partial charge in [0.25, 0.3) is 0 Å². The molecule has 0 radical (unpaired) electrons. The lowest BCUT2D eigenvalue weighted by molar-refractivity contribution is -0.123. The smallest absolute Gasteiger partial charge is 0.220 e. The number of allylic oxidation sites excluding steroid dienone is 3. The number of aliphatic hydroxyl groups is 2. The first-order chi connectivity index (χ1) is 29.7. The van der Waals surface area contributed by atoms with Crippen LogP contribution in [-0.4, -0.2) is 34.9 Å². The summed E-state index contributed by atoms with van der Waals surface area (Å²) in [5.41, 5.74) is 0. The van der Waals surface area contributed by atoms with Gasteiger partial charge in [-0.3, -0.25) is 4.79 Å². The lowest BCUT2D eigenvalue weighted by atomic mass is 10.0. The second kappa shape index (κ2) is 52.2. The van der Waals surface area contributed by atoms with Crippen LogP contribution < -0.4 is 5.32 Å². The minimum absolute atomic E-state index is 0.0679. The predicted molar refractivity (Wildman–Crippen MR) is 267 cm³/mol. The first kappa shape index (κ1) is 58.9. The molecule has 0 aromatic carbocycles. The molecule has 0 heterocycles. The lowest BCUT2D eigenvalue weighted by Crippen LogP contribution is -2.45. The summed E-state index contributed by atoms with van der Waals surface area (Å²) < 4.78 is 0. The molecule has 3 N–H and O–H groups in total. The molecular weight excluding hydrogens is 735 g/mol. The molecule has 0 saturated heterocycles. The van der Waals surface area contributed by atoms with E-state index in [0.717, 1.165) is 32.1 Å². The van der Waals surface area contributed by atoms with Crippen LogP contribution in [0.25, 0.3) is 0 Å². The number of unbranched alkanes of at least 4 members (excludes halogenated alkanes) is 42. The Morgan fingerprint density at radius 2 is 0.650 bits per heavy atom. The van der Waals surface area contributed by atoms with Crippen LogP contribution in [-0.2, 0) is 4.79 Å². The number of nitrogens with one attached hydrogen (secondary N) is 1. The Balaban J connectivity index is 3.48. The number of hydrogen-bond acceptors (Lipinski definition) is 3. The third-order valence-electron chi connectivity index (χ3n) is 12.9. The largest absolute Gasteiger partial charge is 0.394 e. The first-order valence-electron chi connectivity index (χ1n) is 27.6. The number of carbonyl (C=O) groups is 1. The normalized spacial score (nSPS) is 12.9. The Hall–Kier alpha value is -1.13. The van der Waals surface area contributed by atoms with Gasteiger partial charge in [0.2, 0.25) is 5.91 Å². The number of hydrogen-bond donors (Lipinski definition) is 3. The fraction of sp³-hybridized carbons (Fsp3) is 0.911. The molecule has 2 atom stereocenters. The van der Waals surface area contributed by atoms with Gasteiger partial charge in [0.1, 0.15) is 0 Å². The second-order valence-electron chi connectivity index (χ2n) is 19.0. The van der Waals surface area contributed by atoms with Crippen molar-refractivity contribution in [3.05, 3.63) is 24.3 Å². The van der Waals surface area contributed by atoms with Gasteiger partial charge in [-0.2, -0.15) is 0 Å². The van der Waals surface area contributed by atoms with E-state index in [1.807, 2.05) is 6.08 Å². The van der Waals surface area contributed by atoms with Crippen LogP contribution in [0.1, 0.15) is 309 Å². The average Bonchev–Trinajstić information content (AvgIpc) is 3.25. The summed E-state index contributed by atoms with van der Waals surface area (Å²) in [6.07, 6.45) is 69.2. The molecule has 0 aliphatic heterocycles. The number of carbonyl (C=O) groups excluding carboxylic acids is 1. The highest BCUT2D eigenvalue weighted by Crippen LogP contribution is 2.17. The molecule has 60 heavy (non-hydrogen) atoms. The van der Waals surface area contributed by atoms with Crippen molar-refractivity contribution in [2.75, 3.05) is 6.61 Å². The maximum Gasteiger partial charge on any atom is 0.220 e. The van der Waals surface area contributed by atoms with Gasteiger partial charge in [0.05, 0.1) is 18.8 Å². The summed E-state index contributed by atoms with van der Waals surface area (Å²) in [6.45, 7) is 4.33. The second-order valence-corrected chi connectivity index (χ2v) is 19.0. The quantitative estimate of drug-likeness (QED) is 0.0422. The van der Waals surface area contributed by atoms with Gasteiger partial charge in [0.15, 0.2) is 0 Å². The van der Waals surface area contributed by atoms with Crippen LogP contribution in [0, 0.1) is 0 Å². The van der Waals surface area contributed by atoms with E-state index in [4.69, 9.17) is 0 Å². The molecule has 0 aromatic heterocycles. The highest BCUT2D eigenvalue weighted by atomic mass is 16.3. The summed E-state index contributed by atoms with van der Waals surface area (Å²) >= 11 is 0. The van der Waals surface area contributed by atoms with Crippen molar-refractivity contribution in [3.8, 4) is 0 Å². The molecule has 0 bridgehead atoms. The highest BCUT2D eigenvalue weighted by molar-refractivity contribution is 5.76. The molecule has 0 fully saturated rings. The molecule has 0 saturated carbocycles. The summed E-state index contributed by atoms with van der Waals surface area (Å²) in [4.78, 5) is 12.4. The van der Waals surface area contributed by atoms with Crippen LogP contribution in [0.2, 0.25) is 0 Å². The zero-order chi connectivity index (χ0) is 43.5. The third-order valence-corrected chi connectivity index (χ3v) is 12.9. The first-order valence-corrected chi connectivity index (χ1v) is 27.6. The van der Waals surface area contributed by atoms with Crippen LogP contribution in [0.5, 0.6) is 0 Å². The van der Waals surface area contributed by atoms with E-state index in [2.05, 4.69) is 31.3 Å². The van der Waals surface area contributed by atoms with Gasteiger partial charge in [-0.25, -0.2) is 0 Å². The third kappa shape index (κ3) is 47.9. The van der Waals surface area contributed by atoms with Crippen molar-refractivity contribution in [3.63, 3.8) is 0 Å². The van der Waals surface area contributed by atoms with E-state index >= 15 is 0 Å². The van der Waals surface area contributed by atoms with Crippen LogP contribution >= 0.6 is 0 Å². The van der Waals surface area contributed by atoms with Gasteiger partial charge < -0.3 is 15.5 Å². The fourth-order valence-corrected chi connectivity index (χ4v) is 8.73. The van der Waals surface area contributed by atoms with Crippen molar-refractivity contribution < 1.29 is 15.0 Å². The molecular formula is C56H109NO3. The number of aliphatic hydroxyl groups excluding tert-OH is 2. The maximum absolute atomic E-state index is 12.4. The molecule has 356 valence electrons. The van der Waals surface area contributed by atoms with Crippen LogP contribution in [0.3, 0.4) is 0 Å². The molecule has 0 aliphatic rings. The molecule has 2 unspecified atom stereocenters. The Morgan fingerprint density at radius 3 is 0.967 bits per heavy atom. The topological polar surface area (TPSA) is 69.6 Å². The van der Waals surface area contributed by atoms with E-state index in [1.165, 1.54) is 257 Å². The van der Waals surface area contributed by atoms with Crippen LogP contribution in [0.4, 0.5) is 0 Å². The molecule has 0 rings (SSSR count). The van der Waals surface area contributed by atoms with Crippen LogP contribution in [0.15, 0.2) is 24.3 Å². The van der Waals surface area contributed by atoms with Gasteiger partial charge in [-0.1, -0.05) is 295 Å². The van der Waals surface area contributed by atoms with Crippen molar-refractivity contribution in [1.82, 2.24) is 5.32 Å². The summed E-state index contributed by atoms with van der Waals surface area (Å²) in [5, 5.41) is 23.1. The van der Waals surface area contributed by atoms with E-state index in [-0.39, 0.29) is 12.5 Å². The van der Waals surface area contributed by atoms with E-state index < -0.39 is 12.1 Å². The lowest BCUT2D eigenvalue weighted by Gasteiger charge is -2.19.